The second-order valence-corrected chi connectivity index (χ2v) is 4.36. The van der Waals surface area contributed by atoms with E-state index in [2.05, 4.69) is 15.5 Å². The fourth-order valence-corrected chi connectivity index (χ4v) is 2.08. The van der Waals surface area contributed by atoms with Gasteiger partial charge in [0.05, 0.1) is 6.21 Å². The minimum absolute atomic E-state index is 0.0461. The predicted molar refractivity (Wildman–Crippen MR) is 66.5 cm³/mol. The van der Waals surface area contributed by atoms with Crippen LogP contribution < -0.4 is 5.43 Å². The third-order valence-corrected chi connectivity index (χ3v) is 3.05. The Labute approximate surface area is 101 Å². The molecule has 4 nitrogen and oxygen atoms in total. The van der Waals surface area contributed by atoms with Crippen molar-refractivity contribution in [3.05, 3.63) is 30.1 Å². The quantitative estimate of drug-likeness (QED) is 0.640. The number of carbonyl (C=O) groups excluding carboxylic acids is 1. The molecular formula is C13H17N3O. The van der Waals surface area contributed by atoms with Crippen molar-refractivity contribution in [2.75, 3.05) is 0 Å². The number of hydrogen-bond donors (Lipinski definition) is 1. The molecule has 17 heavy (non-hydrogen) atoms. The van der Waals surface area contributed by atoms with Gasteiger partial charge in [0, 0.05) is 23.9 Å². The topological polar surface area (TPSA) is 54.4 Å². The number of hydrogen-bond acceptors (Lipinski definition) is 3. The fourth-order valence-electron chi connectivity index (χ4n) is 2.08. The maximum Gasteiger partial charge on any atom is 0.243 e. The molecule has 1 aliphatic rings. The highest BCUT2D eigenvalue weighted by Crippen LogP contribution is 2.23. The molecule has 0 saturated heterocycles. The van der Waals surface area contributed by atoms with E-state index >= 15 is 0 Å². The van der Waals surface area contributed by atoms with Gasteiger partial charge in [0.2, 0.25) is 5.91 Å². The van der Waals surface area contributed by atoms with E-state index in [0.717, 1.165) is 31.2 Å². The number of aromatic nitrogens is 1. The van der Waals surface area contributed by atoms with Crippen LogP contribution in [0, 0.1) is 5.92 Å². The summed E-state index contributed by atoms with van der Waals surface area (Å²) in [4.78, 5) is 15.7. The monoisotopic (exact) mass is 231 g/mol. The van der Waals surface area contributed by atoms with Gasteiger partial charge in [0.1, 0.15) is 0 Å². The Balaban J connectivity index is 1.81. The SMILES string of the molecule is O=C(N/N=C\c1cccnc1)C1CCCCC1. The van der Waals surface area contributed by atoms with E-state index in [0.29, 0.717) is 0 Å². The summed E-state index contributed by atoms with van der Waals surface area (Å²) in [6, 6.07) is 3.73. The molecule has 1 aromatic rings. The normalized spacial score (nSPS) is 17.2. The van der Waals surface area contributed by atoms with Crippen molar-refractivity contribution in [3.63, 3.8) is 0 Å². The summed E-state index contributed by atoms with van der Waals surface area (Å²) in [6.45, 7) is 0. The van der Waals surface area contributed by atoms with Gasteiger partial charge in [0.15, 0.2) is 0 Å². The van der Waals surface area contributed by atoms with Gasteiger partial charge < -0.3 is 0 Å². The molecule has 90 valence electrons. The van der Waals surface area contributed by atoms with Gasteiger partial charge in [-0.25, -0.2) is 5.43 Å². The first-order chi connectivity index (χ1) is 8.36. The Morgan fingerprint density at radius 2 is 2.24 bits per heavy atom. The van der Waals surface area contributed by atoms with E-state index in [1.54, 1.807) is 18.6 Å². The standard InChI is InChI=1S/C13H17N3O/c17-13(12-6-2-1-3-7-12)16-15-10-11-5-4-8-14-9-11/h4-5,8-10,12H,1-3,6-7H2,(H,16,17)/b15-10-. The molecule has 1 saturated carbocycles. The molecule has 0 spiro atoms. The van der Waals surface area contributed by atoms with Crippen LogP contribution in [0.1, 0.15) is 37.7 Å². The van der Waals surface area contributed by atoms with Crippen molar-refractivity contribution in [1.29, 1.82) is 0 Å². The van der Waals surface area contributed by atoms with E-state index < -0.39 is 0 Å². The lowest BCUT2D eigenvalue weighted by Gasteiger charge is -2.19. The smallest absolute Gasteiger partial charge is 0.243 e. The minimum Gasteiger partial charge on any atom is -0.273 e. The molecule has 0 atom stereocenters. The van der Waals surface area contributed by atoms with Gasteiger partial charge in [-0.15, -0.1) is 0 Å². The molecule has 1 amide bonds. The van der Waals surface area contributed by atoms with Crippen molar-refractivity contribution in [2.45, 2.75) is 32.1 Å². The highest BCUT2D eigenvalue weighted by atomic mass is 16.2. The van der Waals surface area contributed by atoms with E-state index in [1.165, 1.54) is 6.42 Å². The van der Waals surface area contributed by atoms with Gasteiger partial charge in [-0.05, 0) is 18.9 Å². The number of nitrogens with one attached hydrogen (secondary N) is 1. The lowest BCUT2D eigenvalue weighted by molar-refractivity contribution is -0.125. The maximum atomic E-state index is 11.7. The van der Waals surface area contributed by atoms with Crippen LogP contribution in [0.4, 0.5) is 0 Å². The Kier molecular flexibility index (Phi) is 4.24. The van der Waals surface area contributed by atoms with Crippen LogP contribution in [-0.2, 0) is 4.79 Å². The molecule has 1 fully saturated rings. The average Bonchev–Trinajstić information content (AvgIpc) is 2.41. The fraction of sp³-hybridized carbons (Fsp3) is 0.462. The van der Waals surface area contributed by atoms with Crippen molar-refractivity contribution in [2.24, 2.45) is 11.0 Å². The number of pyridine rings is 1. The zero-order valence-electron chi connectivity index (χ0n) is 9.80. The highest BCUT2D eigenvalue weighted by molar-refractivity contribution is 5.83. The van der Waals surface area contributed by atoms with E-state index in [1.807, 2.05) is 12.1 Å². The zero-order valence-corrected chi connectivity index (χ0v) is 9.80. The molecule has 4 heteroatoms. The summed E-state index contributed by atoms with van der Waals surface area (Å²) >= 11 is 0. The largest absolute Gasteiger partial charge is 0.273 e. The summed E-state index contributed by atoms with van der Waals surface area (Å²) in [7, 11) is 0. The molecule has 1 N–H and O–H groups in total. The van der Waals surface area contributed by atoms with E-state index in [4.69, 9.17) is 0 Å². The molecule has 1 aromatic heterocycles. The molecule has 2 rings (SSSR count). The molecule has 1 aliphatic carbocycles. The van der Waals surface area contributed by atoms with Crippen molar-refractivity contribution >= 4 is 12.1 Å². The van der Waals surface area contributed by atoms with Gasteiger partial charge in [-0.3, -0.25) is 9.78 Å². The second-order valence-electron chi connectivity index (χ2n) is 4.36. The van der Waals surface area contributed by atoms with E-state index in [9.17, 15) is 4.79 Å². The van der Waals surface area contributed by atoms with Crippen LogP contribution in [0.3, 0.4) is 0 Å². The molecule has 0 bridgehead atoms. The van der Waals surface area contributed by atoms with Crippen molar-refractivity contribution in [1.82, 2.24) is 10.4 Å². The van der Waals surface area contributed by atoms with Crippen LogP contribution in [0.5, 0.6) is 0 Å². The third kappa shape index (κ3) is 3.66. The number of rotatable bonds is 3. The first-order valence-electron chi connectivity index (χ1n) is 6.09. The summed E-state index contributed by atoms with van der Waals surface area (Å²) in [5.41, 5.74) is 3.49. The average molecular weight is 231 g/mol. The Morgan fingerprint density at radius 3 is 2.94 bits per heavy atom. The predicted octanol–water partition coefficient (Wildman–Crippen LogP) is 2.11. The summed E-state index contributed by atoms with van der Waals surface area (Å²) < 4.78 is 0. The van der Waals surface area contributed by atoms with E-state index in [-0.39, 0.29) is 11.8 Å². The summed E-state index contributed by atoms with van der Waals surface area (Å²) in [5.74, 6) is 0.194. The molecule has 1 heterocycles. The first kappa shape index (κ1) is 11.8. The summed E-state index contributed by atoms with van der Waals surface area (Å²) in [5, 5.41) is 3.95. The number of carbonyl (C=O) groups is 1. The third-order valence-electron chi connectivity index (χ3n) is 3.05. The Hall–Kier alpha value is -1.71. The number of nitrogens with zero attached hydrogens (tertiary/aromatic N) is 2. The maximum absolute atomic E-state index is 11.7. The Bertz CT molecular complexity index is 383. The molecule has 0 aromatic carbocycles. The molecular weight excluding hydrogens is 214 g/mol. The van der Waals surface area contributed by atoms with Gasteiger partial charge >= 0.3 is 0 Å². The van der Waals surface area contributed by atoms with Crippen molar-refractivity contribution in [3.8, 4) is 0 Å². The minimum atomic E-state index is 0.0461. The van der Waals surface area contributed by atoms with Gasteiger partial charge in [0.25, 0.3) is 0 Å². The second kappa shape index (κ2) is 6.13. The van der Waals surface area contributed by atoms with Crippen LogP contribution in [0.15, 0.2) is 29.6 Å². The van der Waals surface area contributed by atoms with Gasteiger partial charge in [-0.2, -0.15) is 5.10 Å². The van der Waals surface area contributed by atoms with Crippen LogP contribution in [-0.4, -0.2) is 17.1 Å². The van der Waals surface area contributed by atoms with Gasteiger partial charge in [-0.1, -0.05) is 25.3 Å². The molecule has 0 radical (unpaired) electrons. The molecule has 0 aliphatic heterocycles. The van der Waals surface area contributed by atoms with Crippen LogP contribution in [0.25, 0.3) is 0 Å². The lowest BCUT2D eigenvalue weighted by atomic mass is 9.89. The van der Waals surface area contributed by atoms with Crippen LogP contribution in [0.2, 0.25) is 0 Å². The lowest BCUT2D eigenvalue weighted by Crippen LogP contribution is -2.28. The Morgan fingerprint density at radius 1 is 1.41 bits per heavy atom. The van der Waals surface area contributed by atoms with Crippen LogP contribution >= 0.6 is 0 Å². The molecule has 0 unspecified atom stereocenters. The number of hydrazone groups is 1. The highest BCUT2D eigenvalue weighted by Gasteiger charge is 2.20. The van der Waals surface area contributed by atoms with Crippen molar-refractivity contribution < 1.29 is 4.79 Å². The summed E-state index contributed by atoms with van der Waals surface area (Å²) in [6.07, 6.45) is 10.6. The zero-order chi connectivity index (χ0) is 11.9. The first-order valence-corrected chi connectivity index (χ1v) is 6.09. The number of amides is 1.